The lowest BCUT2D eigenvalue weighted by molar-refractivity contribution is 0.645. The van der Waals surface area contributed by atoms with Crippen molar-refractivity contribution in [2.75, 3.05) is 41.3 Å². The average molecular weight is 463 g/mol. The molecule has 2 aromatic carbocycles. The van der Waals surface area contributed by atoms with E-state index in [2.05, 4.69) is 38.4 Å². The van der Waals surface area contributed by atoms with Gasteiger partial charge in [-0.2, -0.15) is 15.8 Å². The van der Waals surface area contributed by atoms with Crippen LogP contribution in [0, 0.1) is 34.0 Å². The number of rotatable bonds is 3. The van der Waals surface area contributed by atoms with Crippen molar-refractivity contribution in [2.24, 2.45) is 0 Å². The van der Waals surface area contributed by atoms with Gasteiger partial charge in [-0.1, -0.05) is 42.1 Å². The maximum Gasteiger partial charge on any atom is 0.179 e. The predicted octanol–water partition coefficient (Wildman–Crippen LogP) is 3.96. The van der Waals surface area contributed by atoms with Crippen LogP contribution in [-0.4, -0.2) is 36.1 Å². The fourth-order valence-electron chi connectivity index (χ4n) is 4.03. The number of nitrogens with zero attached hydrogens (tertiary/aromatic N) is 7. The first kappa shape index (κ1) is 21.3. The molecule has 0 saturated carbocycles. The highest BCUT2D eigenvalue weighted by atomic mass is 32.2. The van der Waals surface area contributed by atoms with E-state index in [1.54, 1.807) is 0 Å². The third kappa shape index (κ3) is 3.88. The molecule has 164 valence electrons. The number of hydrogen-bond acceptors (Lipinski definition) is 9. The van der Waals surface area contributed by atoms with Crippen LogP contribution in [0.15, 0.2) is 64.5 Å². The van der Waals surface area contributed by atoms with Crippen LogP contribution in [0.5, 0.6) is 0 Å². The van der Waals surface area contributed by atoms with Gasteiger partial charge in [-0.25, -0.2) is 9.97 Å². The van der Waals surface area contributed by atoms with Crippen LogP contribution >= 0.6 is 11.8 Å². The van der Waals surface area contributed by atoms with E-state index >= 15 is 0 Å². The Balaban J connectivity index is 1.53. The summed E-state index contributed by atoms with van der Waals surface area (Å²) < 4.78 is 0. The molecule has 1 aromatic heterocycles. The summed E-state index contributed by atoms with van der Waals surface area (Å²) in [5.41, 5.74) is 2.55. The van der Waals surface area contributed by atoms with Gasteiger partial charge in [-0.05, 0) is 24.3 Å². The molecule has 0 atom stereocenters. The standard InChI is InChI=1S/C25H18N8S/c26-14-18(25-31-19-8-4-5-9-22(19)34-25)23-24(30-21(16-28)20(15-27)29-23)33-12-10-32(11-13-33)17-6-2-1-3-7-17/h1-9,31H,10-13H2/b25-18-. The fourth-order valence-corrected chi connectivity index (χ4v) is 5.03. The van der Waals surface area contributed by atoms with Gasteiger partial charge >= 0.3 is 0 Å². The van der Waals surface area contributed by atoms with E-state index in [0.717, 1.165) is 29.4 Å². The van der Waals surface area contributed by atoms with Crippen molar-refractivity contribution >= 4 is 34.5 Å². The summed E-state index contributed by atoms with van der Waals surface area (Å²) in [4.78, 5) is 14.3. The number of allylic oxidation sites excluding steroid dienone is 1. The smallest absolute Gasteiger partial charge is 0.179 e. The number of benzene rings is 2. The van der Waals surface area contributed by atoms with Crippen LogP contribution < -0.4 is 15.1 Å². The number of aromatic nitrogens is 2. The van der Waals surface area contributed by atoms with Crippen molar-refractivity contribution in [1.29, 1.82) is 15.8 Å². The number of piperazine rings is 1. The number of hydrogen-bond donors (Lipinski definition) is 1. The highest BCUT2D eigenvalue weighted by Gasteiger charge is 2.28. The third-order valence-electron chi connectivity index (χ3n) is 5.71. The molecule has 1 N–H and O–H groups in total. The molecule has 9 heteroatoms. The van der Waals surface area contributed by atoms with E-state index in [0.29, 0.717) is 35.2 Å². The number of thioether (sulfide) groups is 1. The molecule has 1 saturated heterocycles. The van der Waals surface area contributed by atoms with Gasteiger partial charge in [0.2, 0.25) is 0 Å². The molecule has 0 spiro atoms. The van der Waals surface area contributed by atoms with Gasteiger partial charge in [0.1, 0.15) is 29.5 Å². The number of fused-ring (bicyclic) bond motifs is 1. The Labute approximate surface area is 201 Å². The zero-order valence-electron chi connectivity index (χ0n) is 18.1. The van der Waals surface area contributed by atoms with E-state index in [4.69, 9.17) is 0 Å². The largest absolute Gasteiger partial charge is 0.368 e. The average Bonchev–Trinajstić information content (AvgIpc) is 3.33. The van der Waals surface area contributed by atoms with E-state index < -0.39 is 0 Å². The lowest BCUT2D eigenvalue weighted by atomic mass is 10.1. The molecule has 1 fully saturated rings. The molecule has 0 aliphatic carbocycles. The van der Waals surface area contributed by atoms with Gasteiger partial charge in [0.15, 0.2) is 17.2 Å². The number of para-hydroxylation sites is 2. The second-order valence-corrected chi connectivity index (χ2v) is 8.72. The monoisotopic (exact) mass is 462 g/mol. The summed E-state index contributed by atoms with van der Waals surface area (Å²) in [6.45, 7) is 2.79. The second-order valence-electron chi connectivity index (χ2n) is 7.67. The fraction of sp³-hybridized carbons (Fsp3) is 0.160. The Morgan fingerprint density at radius 1 is 0.824 bits per heavy atom. The minimum absolute atomic E-state index is 0.0376. The minimum atomic E-state index is -0.0852. The molecule has 0 radical (unpaired) electrons. The molecule has 5 rings (SSSR count). The molecule has 3 aromatic rings. The molecule has 34 heavy (non-hydrogen) atoms. The molecule has 0 amide bonds. The summed E-state index contributed by atoms with van der Waals surface area (Å²) in [7, 11) is 0. The minimum Gasteiger partial charge on any atom is -0.368 e. The van der Waals surface area contributed by atoms with Crippen molar-refractivity contribution in [3.05, 3.63) is 76.7 Å². The SMILES string of the molecule is N#C/C(=C1\Nc2ccccc2S1)c1nc(C#N)c(C#N)nc1N1CCN(c2ccccc2)CC1. The van der Waals surface area contributed by atoms with Gasteiger partial charge in [0.05, 0.1) is 10.7 Å². The Kier molecular flexibility index (Phi) is 5.74. The topological polar surface area (TPSA) is 116 Å². The Morgan fingerprint density at radius 3 is 2.15 bits per heavy atom. The van der Waals surface area contributed by atoms with Gasteiger partial charge in [-0.3, -0.25) is 0 Å². The van der Waals surface area contributed by atoms with Crippen molar-refractivity contribution in [2.45, 2.75) is 4.90 Å². The van der Waals surface area contributed by atoms with E-state index in [1.165, 1.54) is 11.8 Å². The number of nitriles is 3. The lowest BCUT2D eigenvalue weighted by Crippen LogP contribution is -2.47. The number of nitrogens with one attached hydrogen (secondary N) is 1. The molecular weight excluding hydrogens is 444 g/mol. The van der Waals surface area contributed by atoms with Gasteiger partial charge in [0.25, 0.3) is 0 Å². The first-order chi connectivity index (χ1) is 16.7. The Hall–Kier alpha value is -4.52. The summed E-state index contributed by atoms with van der Waals surface area (Å²) in [5, 5.41) is 33.2. The molecule has 2 aliphatic heterocycles. The summed E-state index contributed by atoms with van der Waals surface area (Å²) in [5.74, 6) is 0.450. The maximum atomic E-state index is 10.1. The Morgan fingerprint density at radius 2 is 1.47 bits per heavy atom. The van der Waals surface area contributed by atoms with Crippen molar-refractivity contribution < 1.29 is 0 Å². The van der Waals surface area contributed by atoms with Crippen LogP contribution in [0.1, 0.15) is 17.1 Å². The summed E-state index contributed by atoms with van der Waals surface area (Å²) >= 11 is 1.44. The first-order valence-corrected chi connectivity index (χ1v) is 11.5. The molecule has 3 heterocycles. The van der Waals surface area contributed by atoms with Crippen molar-refractivity contribution in [1.82, 2.24) is 9.97 Å². The summed E-state index contributed by atoms with van der Waals surface area (Å²) in [6.07, 6.45) is 0. The maximum absolute atomic E-state index is 10.1. The highest BCUT2D eigenvalue weighted by Crippen LogP contribution is 2.44. The normalized spacial score (nSPS) is 16.0. The Bertz CT molecular complexity index is 1380. The quantitative estimate of drug-likeness (QED) is 0.577. The van der Waals surface area contributed by atoms with Crippen LogP contribution in [0.4, 0.5) is 17.2 Å². The van der Waals surface area contributed by atoms with Crippen LogP contribution in [0.25, 0.3) is 5.57 Å². The molecule has 2 aliphatic rings. The van der Waals surface area contributed by atoms with Crippen LogP contribution in [-0.2, 0) is 0 Å². The van der Waals surface area contributed by atoms with Gasteiger partial charge < -0.3 is 15.1 Å². The lowest BCUT2D eigenvalue weighted by Gasteiger charge is -2.37. The predicted molar refractivity (Wildman–Crippen MR) is 131 cm³/mol. The molecule has 0 unspecified atom stereocenters. The highest BCUT2D eigenvalue weighted by molar-refractivity contribution is 8.04. The van der Waals surface area contributed by atoms with Crippen molar-refractivity contribution in [3.8, 4) is 18.2 Å². The van der Waals surface area contributed by atoms with E-state index in [9.17, 15) is 15.8 Å². The third-order valence-corrected chi connectivity index (χ3v) is 6.80. The first-order valence-electron chi connectivity index (χ1n) is 10.7. The van der Waals surface area contributed by atoms with Gasteiger partial charge in [-0.15, -0.1) is 0 Å². The van der Waals surface area contributed by atoms with E-state index in [1.807, 2.05) is 59.5 Å². The van der Waals surface area contributed by atoms with Crippen LogP contribution in [0.3, 0.4) is 0 Å². The molecule has 0 bridgehead atoms. The molecule has 8 nitrogen and oxygen atoms in total. The second kappa shape index (κ2) is 9.15. The zero-order chi connectivity index (χ0) is 23.5. The van der Waals surface area contributed by atoms with Crippen molar-refractivity contribution in [3.63, 3.8) is 0 Å². The van der Waals surface area contributed by atoms with Gasteiger partial charge in [0, 0.05) is 36.8 Å². The number of anilines is 3. The van der Waals surface area contributed by atoms with E-state index in [-0.39, 0.29) is 11.4 Å². The summed E-state index contributed by atoms with van der Waals surface area (Å²) in [6, 6.07) is 24.2. The zero-order valence-corrected chi connectivity index (χ0v) is 18.9. The van der Waals surface area contributed by atoms with Crippen LogP contribution in [0.2, 0.25) is 0 Å². The molecular formula is C25H18N8S.